The summed E-state index contributed by atoms with van der Waals surface area (Å²) in [5.41, 5.74) is 3.68. The van der Waals surface area contributed by atoms with E-state index >= 15 is 0 Å². The van der Waals surface area contributed by atoms with Crippen LogP contribution in [0, 0.1) is 12.8 Å². The quantitative estimate of drug-likeness (QED) is 0.740. The zero-order chi connectivity index (χ0) is 18.7. The lowest BCUT2D eigenvalue weighted by Gasteiger charge is -2.08. The van der Waals surface area contributed by atoms with E-state index in [1.807, 2.05) is 37.3 Å². The molecule has 0 fully saturated rings. The summed E-state index contributed by atoms with van der Waals surface area (Å²) < 4.78 is 6.90. The van der Waals surface area contributed by atoms with Crippen molar-refractivity contribution in [2.75, 3.05) is 13.7 Å². The molecule has 0 atom stereocenters. The van der Waals surface area contributed by atoms with Crippen molar-refractivity contribution in [1.29, 1.82) is 0 Å². The van der Waals surface area contributed by atoms with Crippen LogP contribution >= 0.6 is 0 Å². The maximum absolute atomic E-state index is 12.2. The highest BCUT2D eigenvalue weighted by atomic mass is 16.5. The fourth-order valence-electron chi connectivity index (χ4n) is 2.91. The normalized spacial score (nSPS) is 11.1. The number of nitrogens with one attached hydrogen (secondary N) is 1. The van der Waals surface area contributed by atoms with E-state index in [-0.39, 0.29) is 12.5 Å². The number of benzene rings is 1. The van der Waals surface area contributed by atoms with Crippen molar-refractivity contribution in [1.82, 2.24) is 20.1 Å². The van der Waals surface area contributed by atoms with E-state index in [9.17, 15) is 4.79 Å². The number of fused-ring (bicyclic) bond motifs is 1. The molecule has 3 aromatic rings. The second kappa shape index (κ2) is 7.56. The lowest BCUT2D eigenvalue weighted by molar-refractivity contribution is -0.121. The molecular formula is C20H24N4O2. The number of nitrogens with zero attached hydrogens (tertiary/aromatic N) is 3. The van der Waals surface area contributed by atoms with Gasteiger partial charge in [0.2, 0.25) is 5.91 Å². The van der Waals surface area contributed by atoms with Gasteiger partial charge in [-0.25, -0.2) is 9.67 Å². The Morgan fingerprint density at radius 1 is 1.23 bits per heavy atom. The molecule has 136 valence electrons. The van der Waals surface area contributed by atoms with Crippen LogP contribution < -0.4 is 10.1 Å². The average molecular weight is 352 g/mol. The Hall–Kier alpha value is -2.89. The van der Waals surface area contributed by atoms with Gasteiger partial charge >= 0.3 is 0 Å². The molecule has 1 aromatic carbocycles. The molecule has 2 aromatic heterocycles. The molecule has 1 N–H and O–H groups in total. The van der Waals surface area contributed by atoms with E-state index in [1.54, 1.807) is 18.0 Å². The molecule has 0 saturated carbocycles. The van der Waals surface area contributed by atoms with Gasteiger partial charge in [0.25, 0.3) is 0 Å². The van der Waals surface area contributed by atoms with Crippen LogP contribution in [0.1, 0.15) is 19.5 Å². The third kappa shape index (κ3) is 3.69. The van der Waals surface area contributed by atoms with Gasteiger partial charge in [-0.3, -0.25) is 4.79 Å². The third-order valence-electron chi connectivity index (χ3n) is 4.21. The number of aryl methyl sites for hydroxylation is 1. The van der Waals surface area contributed by atoms with E-state index in [0.29, 0.717) is 12.5 Å². The molecule has 6 nitrogen and oxygen atoms in total. The van der Waals surface area contributed by atoms with Crippen LogP contribution in [-0.2, 0) is 11.3 Å². The van der Waals surface area contributed by atoms with Gasteiger partial charge < -0.3 is 10.1 Å². The standard InChI is InChI=1S/C20H24N4O2/c1-13(2)11-22-18(25)12-24-20-19(14(3)23-24)17(9-10-21-20)15-5-7-16(26-4)8-6-15/h5-10,13H,11-12H2,1-4H3,(H,22,25). The molecule has 0 aliphatic carbocycles. The van der Waals surface area contributed by atoms with Crippen molar-refractivity contribution >= 4 is 16.9 Å². The first-order valence-corrected chi connectivity index (χ1v) is 8.73. The molecule has 2 heterocycles. The van der Waals surface area contributed by atoms with E-state index < -0.39 is 0 Å². The molecule has 6 heteroatoms. The summed E-state index contributed by atoms with van der Waals surface area (Å²) in [6.07, 6.45) is 1.76. The van der Waals surface area contributed by atoms with E-state index in [1.165, 1.54) is 0 Å². The number of hydrogen-bond acceptors (Lipinski definition) is 4. The maximum Gasteiger partial charge on any atom is 0.241 e. The smallest absolute Gasteiger partial charge is 0.241 e. The molecule has 0 radical (unpaired) electrons. The molecule has 26 heavy (non-hydrogen) atoms. The van der Waals surface area contributed by atoms with Crippen LogP contribution in [0.5, 0.6) is 5.75 Å². The van der Waals surface area contributed by atoms with Gasteiger partial charge in [0.15, 0.2) is 5.65 Å². The molecule has 0 unspecified atom stereocenters. The Morgan fingerprint density at radius 2 is 1.96 bits per heavy atom. The van der Waals surface area contributed by atoms with Crippen LogP contribution in [0.3, 0.4) is 0 Å². The monoisotopic (exact) mass is 352 g/mol. The van der Waals surface area contributed by atoms with Crippen molar-refractivity contribution in [3.05, 3.63) is 42.2 Å². The molecule has 3 rings (SSSR count). The van der Waals surface area contributed by atoms with Gasteiger partial charge in [-0.1, -0.05) is 26.0 Å². The van der Waals surface area contributed by atoms with Gasteiger partial charge in [0.05, 0.1) is 12.8 Å². The molecule has 1 amide bonds. The Kier molecular flexibility index (Phi) is 5.21. The zero-order valence-electron chi connectivity index (χ0n) is 15.6. The van der Waals surface area contributed by atoms with Gasteiger partial charge in [0, 0.05) is 18.1 Å². The summed E-state index contributed by atoms with van der Waals surface area (Å²) >= 11 is 0. The third-order valence-corrected chi connectivity index (χ3v) is 4.21. The van der Waals surface area contributed by atoms with Crippen LogP contribution in [-0.4, -0.2) is 34.3 Å². The number of amides is 1. The van der Waals surface area contributed by atoms with Gasteiger partial charge in [-0.15, -0.1) is 0 Å². The topological polar surface area (TPSA) is 69.0 Å². The largest absolute Gasteiger partial charge is 0.497 e. The first-order valence-electron chi connectivity index (χ1n) is 8.73. The summed E-state index contributed by atoms with van der Waals surface area (Å²) in [5.74, 6) is 1.17. The fraction of sp³-hybridized carbons (Fsp3) is 0.350. The van der Waals surface area contributed by atoms with E-state index in [0.717, 1.165) is 33.6 Å². The SMILES string of the molecule is COc1ccc(-c2ccnc3c2c(C)nn3CC(=O)NCC(C)C)cc1. The number of rotatable bonds is 6. The number of ether oxygens (including phenoxy) is 1. The van der Waals surface area contributed by atoms with Crippen LogP contribution in [0.25, 0.3) is 22.2 Å². The van der Waals surface area contributed by atoms with E-state index in [2.05, 4.69) is 29.2 Å². The second-order valence-corrected chi connectivity index (χ2v) is 6.73. The van der Waals surface area contributed by atoms with Crippen LogP contribution in [0.4, 0.5) is 0 Å². The average Bonchev–Trinajstić information content (AvgIpc) is 2.96. The number of hydrogen-bond donors (Lipinski definition) is 1. The van der Waals surface area contributed by atoms with Crippen molar-refractivity contribution in [3.8, 4) is 16.9 Å². The minimum atomic E-state index is -0.0558. The summed E-state index contributed by atoms with van der Waals surface area (Å²) in [4.78, 5) is 16.6. The van der Waals surface area contributed by atoms with Gasteiger partial charge in [-0.05, 0) is 42.2 Å². The Bertz CT molecular complexity index is 913. The lowest BCUT2D eigenvalue weighted by Crippen LogP contribution is -2.31. The Labute approximate surface area is 153 Å². The van der Waals surface area contributed by atoms with Crippen molar-refractivity contribution in [3.63, 3.8) is 0 Å². The van der Waals surface area contributed by atoms with E-state index in [4.69, 9.17) is 4.74 Å². The summed E-state index contributed by atoms with van der Waals surface area (Å²) in [6.45, 7) is 6.89. The zero-order valence-corrected chi connectivity index (χ0v) is 15.6. The first kappa shape index (κ1) is 17.9. The number of carbonyl (C=O) groups excluding carboxylic acids is 1. The molecular weight excluding hydrogens is 328 g/mol. The molecule has 0 aliphatic heterocycles. The van der Waals surface area contributed by atoms with Crippen molar-refractivity contribution in [2.45, 2.75) is 27.3 Å². The Morgan fingerprint density at radius 3 is 2.62 bits per heavy atom. The van der Waals surface area contributed by atoms with Gasteiger partial charge in [0.1, 0.15) is 12.3 Å². The number of methoxy groups -OCH3 is 1. The second-order valence-electron chi connectivity index (χ2n) is 6.73. The highest BCUT2D eigenvalue weighted by molar-refractivity contribution is 5.95. The van der Waals surface area contributed by atoms with Crippen LogP contribution in [0.15, 0.2) is 36.5 Å². The minimum absolute atomic E-state index is 0.0558. The molecule has 0 aliphatic rings. The number of carbonyl (C=O) groups is 1. The number of pyridine rings is 1. The summed E-state index contributed by atoms with van der Waals surface area (Å²) in [5, 5.41) is 8.43. The minimum Gasteiger partial charge on any atom is -0.497 e. The fourth-order valence-corrected chi connectivity index (χ4v) is 2.91. The summed E-state index contributed by atoms with van der Waals surface area (Å²) in [6, 6.07) is 9.86. The molecule has 0 spiro atoms. The molecule has 0 saturated heterocycles. The highest BCUT2D eigenvalue weighted by Gasteiger charge is 2.16. The van der Waals surface area contributed by atoms with Gasteiger partial charge in [-0.2, -0.15) is 5.10 Å². The van der Waals surface area contributed by atoms with Crippen LogP contribution in [0.2, 0.25) is 0 Å². The summed E-state index contributed by atoms with van der Waals surface area (Å²) in [7, 11) is 1.65. The highest BCUT2D eigenvalue weighted by Crippen LogP contribution is 2.30. The van der Waals surface area contributed by atoms with Crippen molar-refractivity contribution in [2.24, 2.45) is 5.92 Å². The predicted molar refractivity (Wildman–Crippen MR) is 102 cm³/mol. The first-order chi connectivity index (χ1) is 12.5. The lowest BCUT2D eigenvalue weighted by atomic mass is 10.0. The Balaban J connectivity index is 1.95. The van der Waals surface area contributed by atoms with Crippen molar-refractivity contribution < 1.29 is 9.53 Å². The predicted octanol–water partition coefficient (Wildman–Crippen LogP) is 3.19. The number of aromatic nitrogens is 3. The molecule has 0 bridgehead atoms. The maximum atomic E-state index is 12.2.